The molecule has 0 amide bonds. The van der Waals surface area contributed by atoms with E-state index in [1.807, 2.05) is 0 Å². The second-order valence-electron chi connectivity index (χ2n) is 12.2. The summed E-state index contributed by atoms with van der Waals surface area (Å²) in [5, 5.41) is 0. The summed E-state index contributed by atoms with van der Waals surface area (Å²) in [5.74, 6) is -5.00. The Morgan fingerprint density at radius 3 is 1.45 bits per heavy atom. The Morgan fingerprint density at radius 1 is 0.591 bits per heavy atom. The van der Waals surface area contributed by atoms with Crippen LogP contribution >= 0.6 is 11.6 Å². The number of rotatable bonds is 34. The Kier molecular flexibility index (Phi) is 28.0. The van der Waals surface area contributed by atoms with Crippen molar-refractivity contribution in [1.82, 2.24) is 0 Å². The second-order valence-corrected chi connectivity index (χ2v) is 12.3. The predicted molar refractivity (Wildman–Crippen MR) is 190 cm³/mol. The van der Waals surface area contributed by atoms with Gasteiger partial charge in [0.15, 0.2) is 0 Å². The maximum Gasteiger partial charge on any atom is 0.306 e. The topological polar surface area (TPSA) is 52.6 Å². The number of hydrogen-bond donors (Lipinski definition) is 0. The van der Waals surface area contributed by atoms with E-state index >= 15 is 0 Å². The van der Waals surface area contributed by atoms with E-state index in [-0.39, 0.29) is 12.8 Å². The lowest BCUT2D eigenvalue weighted by Gasteiger charge is -2.15. The largest absolute Gasteiger partial charge is 0.462 e. The van der Waals surface area contributed by atoms with Crippen molar-refractivity contribution in [2.24, 2.45) is 0 Å². The van der Waals surface area contributed by atoms with Crippen LogP contribution in [0.25, 0.3) is 0 Å². The molecule has 0 aliphatic carbocycles. The first kappa shape index (κ1) is 34.1. The Morgan fingerprint density at radius 2 is 0.977 bits per heavy atom. The van der Waals surface area contributed by atoms with Gasteiger partial charge in [-0.05, 0) is 44.9 Å². The van der Waals surface area contributed by atoms with Crippen molar-refractivity contribution >= 4 is 23.5 Å². The van der Waals surface area contributed by atoms with E-state index in [9.17, 15) is 9.59 Å². The van der Waals surface area contributed by atoms with Gasteiger partial charge in [-0.15, -0.1) is 11.6 Å². The van der Waals surface area contributed by atoms with Gasteiger partial charge >= 0.3 is 11.9 Å². The number of alkyl halides is 1. The second kappa shape index (κ2) is 36.2. The molecule has 0 aromatic rings. The van der Waals surface area contributed by atoms with Crippen molar-refractivity contribution in [3.63, 3.8) is 0 Å². The van der Waals surface area contributed by atoms with Crippen molar-refractivity contribution < 1.29 is 25.9 Å². The van der Waals surface area contributed by atoms with E-state index in [4.69, 9.17) is 27.9 Å². The number of allylic oxidation sites excluding steroid dienone is 4. The van der Waals surface area contributed by atoms with Crippen molar-refractivity contribution in [2.75, 3.05) is 12.4 Å². The molecule has 0 aromatic carbocycles. The summed E-state index contributed by atoms with van der Waals surface area (Å²) in [6.07, 6.45) is 34.2. The fourth-order valence-corrected chi connectivity index (χ4v) is 5.18. The maximum atomic E-state index is 12.5. The van der Waals surface area contributed by atoms with E-state index in [0.29, 0.717) is 12.8 Å². The third-order valence-electron chi connectivity index (χ3n) is 7.88. The third kappa shape index (κ3) is 33.6. The van der Waals surface area contributed by atoms with Gasteiger partial charge in [-0.25, -0.2) is 0 Å². The van der Waals surface area contributed by atoms with Crippen LogP contribution in [0.3, 0.4) is 0 Å². The van der Waals surface area contributed by atoms with E-state index in [1.54, 1.807) is 0 Å². The van der Waals surface area contributed by atoms with Crippen LogP contribution in [0.4, 0.5) is 0 Å². The number of esters is 2. The van der Waals surface area contributed by atoms with Crippen molar-refractivity contribution in [3.8, 4) is 0 Å². The lowest BCUT2D eigenvalue weighted by atomic mass is 10.0. The van der Waals surface area contributed by atoms with Gasteiger partial charge in [-0.2, -0.15) is 0 Å². The molecule has 0 fully saturated rings. The summed E-state index contributed by atoms with van der Waals surface area (Å²) >= 11 is 5.73. The number of carbonyl (C=O) groups is 2. The fraction of sp³-hybridized carbons (Fsp3) is 0.846. The lowest BCUT2D eigenvalue weighted by molar-refractivity contribution is -0.157. The first-order chi connectivity index (χ1) is 23.4. The lowest BCUT2D eigenvalue weighted by Crippen LogP contribution is -2.26. The molecule has 4 nitrogen and oxygen atoms in total. The highest BCUT2D eigenvalue weighted by atomic mass is 35.5. The molecule has 0 heterocycles. The van der Waals surface area contributed by atoms with Crippen molar-refractivity contribution in [1.29, 1.82) is 0 Å². The van der Waals surface area contributed by atoms with Crippen LogP contribution in [-0.4, -0.2) is 30.4 Å². The molecule has 0 bridgehead atoms. The van der Waals surface area contributed by atoms with Crippen LogP contribution < -0.4 is 0 Å². The number of unbranched alkanes of at least 4 members (excludes halogenated alkanes) is 22. The SMILES string of the molecule is [2H]C([2H])(Cl)[C@]([2H])(OC(=O)CCCCCCCCCCCCCCCCC)C([2H])([2H])OC(=O)CCCCCCC/C=C\C/C=C\CCCCC. The highest BCUT2D eigenvalue weighted by Crippen LogP contribution is 2.14. The predicted octanol–water partition coefficient (Wildman–Crippen LogP) is 12.8. The van der Waals surface area contributed by atoms with Crippen LogP contribution in [0.5, 0.6) is 0 Å². The normalized spacial score (nSPS) is 15.4. The Labute approximate surface area is 285 Å². The molecule has 44 heavy (non-hydrogen) atoms. The molecular formula is C39H71ClO4. The fourth-order valence-electron chi connectivity index (χ4n) is 5.10. The quantitative estimate of drug-likeness (QED) is 0.0303. The van der Waals surface area contributed by atoms with Gasteiger partial charge in [-0.1, -0.05) is 160 Å². The van der Waals surface area contributed by atoms with Crippen LogP contribution in [0.15, 0.2) is 24.3 Å². The molecule has 0 spiro atoms. The maximum absolute atomic E-state index is 12.5. The van der Waals surface area contributed by atoms with Gasteiger partial charge in [0.05, 0.1) is 9.94 Å². The standard InChI is InChI=1S/C39H71ClO4/c1-3-5-7-9-11-13-15-17-19-21-23-25-27-29-31-33-38(41)43-36-37(35-40)44-39(42)34-32-30-28-26-24-22-20-18-16-14-12-10-8-6-4-2/h11,13,17,19,37H,3-10,12,14-16,18,20-36H2,1-2H3/b13-11-,19-17-/t37-/m0/s1/i35D2,36D2,37D. The summed E-state index contributed by atoms with van der Waals surface area (Å²) < 4.78 is 50.2. The van der Waals surface area contributed by atoms with Gasteiger partial charge in [0.2, 0.25) is 0 Å². The number of hydrogen-bond acceptors (Lipinski definition) is 4. The summed E-state index contributed by atoms with van der Waals surface area (Å²) in [4.78, 5) is 24.9. The number of ether oxygens (including phenoxy) is 2. The van der Waals surface area contributed by atoms with Gasteiger partial charge in [-0.3, -0.25) is 9.59 Å². The van der Waals surface area contributed by atoms with E-state index in [1.165, 1.54) is 83.5 Å². The van der Waals surface area contributed by atoms with Gasteiger partial charge < -0.3 is 9.47 Å². The average molecular weight is 644 g/mol. The molecule has 5 heteroatoms. The zero-order valence-corrected chi connectivity index (χ0v) is 29.4. The zero-order chi connectivity index (χ0) is 36.7. The van der Waals surface area contributed by atoms with Crippen LogP contribution in [0.2, 0.25) is 0 Å². The van der Waals surface area contributed by atoms with Crippen LogP contribution in [-0.2, 0) is 19.1 Å². The molecule has 0 rings (SSSR count). The molecule has 0 N–H and O–H groups in total. The molecule has 0 radical (unpaired) electrons. The van der Waals surface area contributed by atoms with E-state index in [2.05, 4.69) is 38.2 Å². The zero-order valence-electron chi connectivity index (χ0n) is 33.6. The Hall–Kier alpha value is -1.29. The summed E-state index contributed by atoms with van der Waals surface area (Å²) in [6, 6.07) is 0. The smallest absolute Gasteiger partial charge is 0.306 e. The molecular weight excluding hydrogens is 568 g/mol. The first-order valence-electron chi connectivity index (χ1n) is 20.8. The van der Waals surface area contributed by atoms with Gasteiger partial charge in [0.25, 0.3) is 0 Å². The highest BCUT2D eigenvalue weighted by molar-refractivity contribution is 6.18. The first-order valence-corrected chi connectivity index (χ1v) is 18.7. The molecule has 0 unspecified atom stereocenters. The van der Waals surface area contributed by atoms with Gasteiger partial charge in [0, 0.05) is 15.6 Å². The minimum absolute atomic E-state index is 0.0849. The van der Waals surface area contributed by atoms with Crippen LogP contribution in [0, 0.1) is 0 Å². The number of halogens is 1. The number of carbonyl (C=O) groups excluding carboxylic acids is 2. The van der Waals surface area contributed by atoms with E-state index < -0.39 is 30.4 Å². The molecule has 1 atom stereocenters. The third-order valence-corrected chi connectivity index (χ3v) is 8.05. The Bertz CT molecular complexity index is 878. The van der Waals surface area contributed by atoms with Gasteiger partial charge in [0.1, 0.15) is 12.6 Å². The van der Waals surface area contributed by atoms with Crippen molar-refractivity contribution in [2.45, 2.75) is 200 Å². The van der Waals surface area contributed by atoms with E-state index in [0.717, 1.165) is 70.6 Å². The molecule has 0 aromatic heterocycles. The monoisotopic (exact) mass is 644 g/mol. The van der Waals surface area contributed by atoms with Crippen LogP contribution in [0.1, 0.15) is 200 Å². The molecule has 0 saturated carbocycles. The molecule has 0 aliphatic rings. The average Bonchev–Trinajstić information content (AvgIpc) is 3.03. The Balaban J connectivity index is 4.22. The van der Waals surface area contributed by atoms with Crippen molar-refractivity contribution in [3.05, 3.63) is 24.3 Å². The summed E-state index contributed by atoms with van der Waals surface area (Å²) in [5.41, 5.74) is 0. The summed E-state index contributed by atoms with van der Waals surface area (Å²) in [7, 11) is 0. The minimum atomic E-state index is -3.28. The molecule has 0 saturated heterocycles. The minimum Gasteiger partial charge on any atom is -0.462 e. The highest BCUT2D eigenvalue weighted by Gasteiger charge is 2.16. The summed E-state index contributed by atoms with van der Waals surface area (Å²) in [6.45, 7) is 1.17. The molecule has 0 aliphatic heterocycles. The molecule has 258 valence electrons.